The van der Waals surface area contributed by atoms with E-state index in [2.05, 4.69) is 41.8 Å². The van der Waals surface area contributed by atoms with Gasteiger partial charge in [-0.15, -0.1) is 11.3 Å². The van der Waals surface area contributed by atoms with Crippen LogP contribution in [0.15, 0.2) is 23.8 Å². The molecule has 0 saturated carbocycles. The third-order valence-corrected chi connectivity index (χ3v) is 5.60. The van der Waals surface area contributed by atoms with Gasteiger partial charge in [0.2, 0.25) is 5.91 Å². The summed E-state index contributed by atoms with van der Waals surface area (Å²) in [6.07, 6.45) is 6.22. The first-order valence-corrected chi connectivity index (χ1v) is 8.87. The maximum atomic E-state index is 12.7. The molecule has 2 aromatic heterocycles. The van der Waals surface area contributed by atoms with E-state index in [9.17, 15) is 4.79 Å². The Bertz CT molecular complexity index is 660. The zero-order chi connectivity index (χ0) is 15.7. The van der Waals surface area contributed by atoms with Gasteiger partial charge in [0.15, 0.2) is 0 Å². The van der Waals surface area contributed by atoms with Crippen LogP contribution < -0.4 is 0 Å². The molecule has 0 saturated heterocycles. The van der Waals surface area contributed by atoms with Crippen LogP contribution >= 0.6 is 11.3 Å². The van der Waals surface area contributed by atoms with Crippen LogP contribution in [0.4, 0.5) is 0 Å². The van der Waals surface area contributed by atoms with Crippen LogP contribution in [0.2, 0.25) is 0 Å². The lowest BCUT2D eigenvalue weighted by Gasteiger charge is -2.34. The minimum atomic E-state index is 0.154. The monoisotopic (exact) mass is 317 g/mol. The lowest BCUT2D eigenvalue weighted by atomic mass is 10.0. The van der Waals surface area contributed by atoms with Crippen LogP contribution in [0.5, 0.6) is 0 Å². The molecular weight excluding hydrogens is 294 g/mol. The molecule has 3 heterocycles. The number of rotatable bonds is 4. The van der Waals surface area contributed by atoms with E-state index in [-0.39, 0.29) is 18.0 Å². The summed E-state index contributed by atoms with van der Waals surface area (Å²) in [5, 5.41) is 2.14. The standard InChI is InChI=1S/C17H23N3OS/c1-4-16-18-7-9-19(16)12(2)11-17(21)20-8-5-15-14(13(20)3)6-10-22-15/h6-7,9-10,12-13H,4-5,8,11H2,1-3H3. The molecule has 0 spiro atoms. The fraction of sp³-hybridized carbons (Fsp3) is 0.529. The Balaban J connectivity index is 1.70. The number of hydrogen-bond donors (Lipinski definition) is 0. The molecule has 22 heavy (non-hydrogen) atoms. The fourth-order valence-corrected chi connectivity index (χ4v) is 4.30. The predicted molar refractivity (Wildman–Crippen MR) is 89.1 cm³/mol. The summed E-state index contributed by atoms with van der Waals surface area (Å²) in [5.74, 6) is 1.29. The number of nitrogens with zero attached hydrogens (tertiary/aromatic N) is 3. The molecular formula is C17H23N3OS. The molecule has 1 amide bonds. The molecule has 4 nitrogen and oxygen atoms in total. The fourth-order valence-electron chi connectivity index (χ4n) is 3.34. The maximum absolute atomic E-state index is 12.7. The number of hydrogen-bond acceptors (Lipinski definition) is 3. The zero-order valence-electron chi connectivity index (χ0n) is 13.5. The molecule has 0 radical (unpaired) electrons. The molecule has 118 valence electrons. The van der Waals surface area contributed by atoms with Gasteiger partial charge in [-0.2, -0.15) is 0 Å². The van der Waals surface area contributed by atoms with E-state index in [1.165, 1.54) is 10.4 Å². The van der Waals surface area contributed by atoms with Gasteiger partial charge in [0, 0.05) is 42.7 Å². The van der Waals surface area contributed by atoms with Crippen molar-refractivity contribution in [2.45, 2.75) is 52.1 Å². The van der Waals surface area contributed by atoms with Crippen molar-refractivity contribution in [2.24, 2.45) is 0 Å². The number of carbonyl (C=O) groups excluding carboxylic acids is 1. The van der Waals surface area contributed by atoms with Gasteiger partial charge in [0.25, 0.3) is 0 Å². The Morgan fingerprint density at radius 3 is 3.14 bits per heavy atom. The molecule has 0 aromatic carbocycles. The number of amides is 1. The van der Waals surface area contributed by atoms with Gasteiger partial charge in [-0.05, 0) is 37.3 Å². The Hall–Kier alpha value is -1.62. The Morgan fingerprint density at radius 1 is 1.55 bits per heavy atom. The quantitative estimate of drug-likeness (QED) is 0.864. The summed E-state index contributed by atoms with van der Waals surface area (Å²) in [4.78, 5) is 20.6. The first-order chi connectivity index (χ1) is 10.6. The van der Waals surface area contributed by atoms with Crippen molar-refractivity contribution in [3.05, 3.63) is 40.1 Å². The van der Waals surface area contributed by atoms with Crippen LogP contribution in [0, 0.1) is 0 Å². The molecule has 1 aliphatic heterocycles. The van der Waals surface area contributed by atoms with Crippen molar-refractivity contribution in [3.8, 4) is 0 Å². The first kappa shape index (κ1) is 15.3. The minimum Gasteiger partial charge on any atom is -0.335 e. The van der Waals surface area contributed by atoms with Crippen LogP contribution in [-0.2, 0) is 17.6 Å². The highest BCUT2D eigenvalue weighted by Gasteiger charge is 2.29. The minimum absolute atomic E-state index is 0.154. The van der Waals surface area contributed by atoms with Crippen molar-refractivity contribution in [2.75, 3.05) is 6.54 Å². The van der Waals surface area contributed by atoms with E-state index in [1.807, 2.05) is 28.6 Å². The van der Waals surface area contributed by atoms with Gasteiger partial charge >= 0.3 is 0 Å². The van der Waals surface area contributed by atoms with Crippen molar-refractivity contribution < 1.29 is 4.79 Å². The largest absolute Gasteiger partial charge is 0.335 e. The third kappa shape index (κ3) is 2.70. The maximum Gasteiger partial charge on any atom is 0.225 e. The van der Waals surface area contributed by atoms with E-state index in [4.69, 9.17) is 0 Å². The van der Waals surface area contributed by atoms with Gasteiger partial charge in [-0.1, -0.05) is 6.92 Å². The number of imidazole rings is 1. The predicted octanol–water partition coefficient (Wildman–Crippen LogP) is 3.60. The molecule has 0 aliphatic carbocycles. The average Bonchev–Trinajstić information content (AvgIpc) is 3.16. The molecule has 2 unspecified atom stereocenters. The Morgan fingerprint density at radius 2 is 2.36 bits per heavy atom. The summed E-state index contributed by atoms with van der Waals surface area (Å²) in [6, 6.07) is 2.52. The highest BCUT2D eigenvalue weighted by molar-refractivity contribution is 7.10. The second-order valence-corrected chi connectivity index (χ2v) is 6.97. The second kappa shape index (κ2) is 6.24. The topological polar surface area (TPSA) is 38.1 Å². The molecule has 3 rings (SSSR count). The summed E-state index contributed by atoms with van der Waals surface area (Å²) in [6.45, 7) is 7.17. The van der Waals surface area contributed by atoms with Crippen LogP contribution in [-0.4, -0.2) is 26.9 Å². The molecule has 2 aromatic rings. The van der Waals surface area contributed by atoms with E-state index < -0.39 is 0 Å². The number of fused-ring (bicyclic) bond motifs is 1. The van der Waals surface area contributed by atoms with E-state index in [1.54, 1.807) is 0 Å². The van der Waals surface area contributed by atoms with Crippen LogP contribution in [0.1, 0.15) is 55.5 Å². The van der Waals surface area contributed by atoms with Gasteiger partial charge in [-0.3, -0.25) is 4.79 Å². The number of thiophene rings is 1. The number of aromatic nitrogens is 2. The van der Waals surface area contributed by atoms with E-state index in [0.717, 1.165) is 25.2 Å². The highest BCUT2D eigenvalue weighted by Crippen LogP contribution is 2.33. The summed E-state index contributed by atoms with van der Waals surface area (Å²) >= 11 is 1.81. The molecule has 2 atom stereocenters. The van der Waals surface area contributed by atoms with Crippen molar-refractivity contribution in [3.63, 3.8) is 0 Å². The second-order valence-electron chi connectivity index (χ2n) is 5.97. The average molecular weight is 317 g/mol. The molecule has 1 aliphatic rings. The number of carbonyl (C=O) groups is 1. The van der Waals surface area contributed by atoms with E-state index in [0.29, 0.717) is 6.42 Å². The number of aryl methyl sites for hydroxylation is 1. The van der Waals surface area contributed by atoms with Crippen LogP contribution in [0.25, 0.3) is 0 Å². The molecule has 0 fully saturated rings. The zero-order valence-corrected chi connectivity index (χ0v) is 14.3. The van der Waals surface area contributed by atoms with Crippen molar-refractivity contribution >= 4 is 17.2 Å². The molecule has 5 heteroatoms. The molecule has 0 N–H and O–H groups in total. The van der Waals surface area contributed by atoms with E-state index >= 15 is 0 Å². The Kier molecular flexibility index (Phi) is 4.34. The SMILES string of the molecule is CCc1nccn1C(C)CC(=O)N1CCc2sccc2C1C. The van der Waals surface area contributed by atoms with Gasteiger partial charge in [0.05, 0.1) is 6.04 Å². The highest BCUT2D eigenvalue weighted by atomic mass is 32.1. The summed E-state index contributed by atoms with van der Waals surface area (Å²) in [5.41, 5.74) is 1.33. The third-order valence-electron chi connectivity index (χ3n) is 4.61. The Labute approximate surface area is 135 Å². The van der Waals surface area contributed by atoms with Gasteiger partial charge in [-0.25, -0.2) is 4.98 Å². The van der Waals surface area contributed by atoms with Gasteiger partial charge < -0.3 is 9.47 Å². The van der Waals surface area contributed by atoms with Crippen molar-refractivity contribution in [1.82, 2.24) is 14.5 Å². The lowest BCUT2D eigenvalue weighted by molar-refractivity contribution is -0.134. The molecule has 0 bridgehead atoms. The van der Waals surface area contributed by atoms with Crippen molar-refractivity contribution in [1.29, 1.82) is 0 Å². The normalized spacial score (nSPS) is 19.0. The van der Waals surface area contributed by atoms with Crippen LogP contribution in [0.3, 0.4) is 0 Å². The smallest absolute Gasteiger partial charge is 0.225 e. The van der Waals surface area contributed by atoms with Gasteiger partial charge in [0.1, 0.15) is 5.82 Å². The summed E-state index contributed by atoms with van der Waals surface area (Å²) in [7, 11) is 0. The first-order valence-electron chi connectivity index (χ1n) is 7.99. The summed E-state index contributed by atoms with van der Waals surface area (Å²) < 4.78 is 2.13. The lowest BCUT2D eigenvalue weighted by Crippen LogP contribution is -2.39.